The zero-order valence-electron chi connectivity index (χ0n) is 7.78. The van der Waals surface area contributed by atoms with Crippen LogP contribution in [-0.2, 0) is 10.5 Å². The highest BCUT2D eigenvalue weighted by atomic mass is 16.5. The van der Waals surface area contributed by atoms with E-state index < -0.39 is 5.72 Å². The molecule has 3 nitrogen and oxygen atoms in total. The van der Waals surface area contributed by atoms with Crippen LogP contribution in [0.5, 0.6) is 0 Å². The minimum atomic E-state index is -0.905. The summed E-state index contributed by atoms with van der Waals surface area (Å²) in [4.78, 5) is 10.7. The first-order chi connectivity index (χ1) is 6.11. The summed E-state index contributed by atoms with van der Waals surface area (Å²) in [6, 6.07) is 7.12. The van der Waals surface area contributed by atoms with Crippen molar-refractivity contribution in [3.05, 3.63) is 35.4 Å². The molecule has 0 aliphatic rings. The van der Waals surface area contributed by atoms with E-state index in [2.05, 4.69) is 0 Å². The van der Waals surface area contributed by atoms with E-state index in [4.69, 9.17) is 10.5 Å². The van der Waals surface area contributed by atoms with E-state index in [1.165, 1.54) is 7.11 Å². The fourth-order valence-corrected chi connectivity index (χ4v) is 1.16. The SMILES string of the molecule is CO[C@@](C)(N)c1ccccc1C=O. The molecule has 1 rings (SSSR count). The Morgan fingerprint density at radius 2 is 2.08 bits per heavy atom. The van der Waals surface area contributed by atoms with Crippen LogP contribution >= 0.6 is 0 Å². The Bertz CT molecular complexity index is 308. The lowest BCUT2D eigenvalue weighted by atomic mass is 10.00. The van der Waals surface area contributed by atoms with Crippen LogP contribution in [0, 0.1) is 0 Å². The van der Waals surface area contributed by atoms with Crippen molar-refractivity contribution in [2.24, 2.45) is 5.73 Å². The van der Waals surface area contributed by atoms with Gasteiger partial charge in [-0.2, -0.15) is 0 Å². The van der Waals surface area contributed by atoms with E-state index in [9.17, 15) is 4.79 Å². The average molecular weight is 179 g/mol. The maximum absolute atomic E-state index is 10.7. The van der Waals surface area contributed by atoms with Crippen LogP contribution in [0.15, 0.2) is 24.3 Å². The second-order valence-corrected chi connectivity index (χ2v) is 3.02. The van der Waals surface area contributed by atoms with Gasteiger partial charge in [-0.3, -0.25) is 10.5 Å². The van der Waals surface area contributed by atoms with E-state index in [0.29, 0.717) is 11.1 Å². The molecule has 1 aromatic rings. The van der Waals surface area contributed by atoms with E-state index in [-0.39, 0.29) is 0 Å². The predicted octanol–water partition coefficient (Wildman–Crippen LogP) is 1.28. The molecule has 0 radical (unpaired) electrons. The summed E-state index contributed by atoms with van der Waals surface area (Å²) in [5.74, 6) is 0. The molecule has 0 aromatic heterocycles. The second-order valence-electron chi connectivity index (χ2n) is 3.02. The zero-order chi connectivity index (χ0) is 9.90. The third-order valence-corrected chi connectivity index (χ3v) is 2.05. The van der Waals surface area contributed by atoms with Crippen LogP contribution in [-0.4, -0.2) is 13.4 Å². The normalized spacial score (nSPS) is 15.0. The summed E-state index contributed by atoms with van der Waals surface area (Å²) < 4.78 is 5.09. The molecule has 0 unspecified atom stereocenters. The standard InChI is InChI=1S/C10H13NO2/c1-10(11,13-2)9-6-4-3-5-8(9)7-12/h3-7H,11H2,1-2H3/t10-/m1/s1. The summed E-state index contributed by atoms with van der Waals surface area (Å²) in [5.41, 5.74) is 6.19. The molecule has 0 saturated heterocycles. The summed E-state index contributed by atoms with van der Waals surface area (Å²) in [7, 11) is 1.52. The molecule has 1 atom stereocenters. The van der Waals surface area contributed by atoms with E-state index in [1.54, 1.807) is 25.1 Å². The number of benzene rings is 1. The number of aldehydes is 1. The minimum absolute atomic E-state index is 0.564. The molecule has 0 saturated carbocycles. The van der Waals surface area contributed by atoms with Crippen molar-refractivity contribution >= 4 is 6.29 Å². The fourth-order valence-electron chi connectivity index (χ4n) is 1.16. The molecule has 1 aromatic carbocycles. The Kier molecular flexibility index (Phi) is 2.80. The Labute approximate surface area is 77.5 Å². The molecular weight excluding hydrogens is 166 g/mol. The first kappa shape index (κ1) is 9.89. The Morgan fingerprint density at radius 1 is 1.46 bits per heavy atom. The van der Waals surface area contributed by atoms with Crippen molar-refractivity contribution in [2.45, 2.75) is 12.6 Å². The molecule has 0 heterocycles. The maximum atomic E-state index is 10.7. The lowest BCUT2D eigenvalue weighted by molar-refractivity contribution is 0.00720. The summed E-state index contributed by atoms with van der Waals surface area (Å²) in [5, 5.41) is 0. The summed E-state index contributed by atoms with van der Waals surface area (Å²) in [6.45, 7) is 1.72. The number of methoxy groups -OCH3 is 1. The molecular formula is C10H13NO2. The summed E-state index contributed by atoms with van der Waals surface area (Å²) in [6.07, 6.45) is 0.777. The molecule has 0 aliphatic carbocycles. The molecule has 2 N–H and O–H groups in total. The van der Waals surface area contributed by atoms with Gasteiger partial charge >= 0.3 is 0 Å². The van der Waals surface area contributed by atoms with E-state index >= 15 is 0 Å². The molecule has 0 aliphatic heterocycles. The number of hydrogen-bond donors (Lipinski definition) is 1. The van der Waals surface area contributed by atoms with Crippen molar-refractivity contribution in [1.82, 2.24) is 0 Å². The van der Waals surface area contributed by atoms with Crippen molar-refractivity contribution in [2.75, 3.05) is 7.11 Å². The highest BCUT2D eigenvalue weighted by molar-refractivity contribution is 5.77. The van der Waals surface area contributed by atoms with Gasteiger partial charge in [-0.05, 0) is 6.92 Å². The molecule has 3 heteroatoms. The van der Waals surface area contributed by atoms with Crippen LogP contribution in [0.4, 0.5) is 0 Å². The number of carbonyl (C=O) groups excluding carboxylic acids is 1. The molecule has 0 spiro atoms. The van der Waals surface area contributed by atoms with Crippen LogP contribution in [0.25, 0.3) is 0 Å². The van der Waals surface area contributed by atoms with Gasteiger partial charge in [0.05, 0.1) is 0 Å². The van der Waals surface area contributed by atoms with E-state index in [1.807, 2.05) is 6.07 Å². The third kappa shape index (κ3) is 1.94. The first-order valence-corrected chi connectivity index (χ1v) is 4.00. The van der Waals surface area contributed by atoms with Crippen LogP contribution in [0.1, 0.15) is 22.8 Å². The Morgan fingerprint density at radius 3 is 2.62 bits per heavy atom. The van der Waals surface area contributed by atoms with Crippen molar-refractivity contribution < 1.29 is 9.53 Å². The monoisotopic (exact) mass is 179 g/mol. The summed E-state index contributed by atoms with van der Waals surface area (Å²) >= 11 is 0. The average Bonchev–Trinajstić information content (AvgIpc) is 2.18. The first-order valence-electron chi connectivity index (χ1n) is 4.00. The van der Waals surface area contributed by atoms with Crippen LogP contribution in [0.3, 0.4) is 0 Å². The van der Waals surface area contributed by atoms with Gasteiger partial charge in [0.15, 0.2) is 0 Å². The van der Waals surface area contributed by atoms with E-state index in [0.717, 1.165) is 6.29 Å². The number of carbonyl (C=O) groups is 1. The smallest absolute Gasteiger partial charge is 0.150 e. The highest BCUT2D eigenvalue weighted by Crippen LogP contribution is 2.20. The maximum Gasteiger partial charge on any atom is 0.150 e. The predicted molar refractivity (Wildman–Crippen MR) is 50.4 cm³/mol. The molecule has 0 amide bonds. The van der Waals surface area contributed by atoms with Gasteiger partial charge < -0.3 is 4.74 Å². The van der Waals surface area contributed by atoms with Gasteiger partial charge in [0, 0.05) is 18.2 Å². The van der Waals surface area contributed by atoms with Gasteiger partial charge in [0.2, 0.25) is 0 Å². The van der Waals surface area contributed by atoms with Crippen molar-refractivity contribution in [3.63, 3.8) is 0 Å². The number of nitrogens with two attached hydrogens (primary N) is 1. The van der Waals surface area contributed by atoms with Crippen molar-refractivity contribution in [3.8, 4) is 0 Å². The second kappa shape index (κ2) is 3.68. The van der Waals surface area contributed by atoms with Crippen LogP contribution in [0.2, 0.25) is 0 Å². The molecule has 13 heavy (non-hydrogen) atoms. The molecule has 0 fully saturated rings. The zero-order valence-corrected chi connectivity index (χ0v) is 7.78. The Balaban J connectivity index is 3.20. The fraction of sp³-hybridized carbons (Fsp3) is 0.300. The number of ether oxygens (including phenoxy) is 1. The lowest BCUT2D eigenvalue weighted by Gasteiger charge is -2.24. The largest absolute Gasteiger partial charge is 0.360 e. The van der Waals surface area contributed by atoms with Gasteiger partial charge in [-0.15, -0.1) is 0 Å². The minimum Gasteiger partial charge on any atom is -0.360 e. The lowest BCUT2D eigenvalue weighted by Crippen LogP contribution is -2.35. The molecule has 0 bridgehead atoms. The number of rotatable bonds is 3. The highest BCUT2D eigenvalue weighted by Gasteiger charge is 2.22. The third-order valence-electron chi connectivity index (χ3n) is 2.05. The van der Waals surface area contributed by atoms with Gasteiger partial charge in [0.1, 0.15) is 12.0 Å². The van der Waals surface area contributed by atoms with Gasteiger partial charge in [-0.1, -0.05) is 24.3 Å². The van der Waals surface area contributed by atoms with Crippen molar-refractivity contribution in [1.29, 1.82) is 0 Å². The topological polar surface area (TPSA) is 52.3 Å². The van der Waals surface area contributed by atoms with Crippen LogP contribution < -0.4 is 5.73 Å². The Hall–Kier alpha value is -1.19. The van der Waals surface area contributed by atoms with Gasteiger partial charge in [-0.25, -0.2) is 0 Å². The van der Waals surface area contributed by atoms with Gasteiger partial charge in [0.25, 0.3) is 0 Å². The molecule has 70 valence electrons. The quantitative estimate of drug-likeness (QED) is 0.561. The number of hydrogen-bond acceptors (Lipinski definition) is 3.